The molecular formula is C8H10ClNO. The zero-order chi connectivity index (χ0) is 8.10. The topological polar surface area (TPSA) is 25.2 Å². The van der Waals surface area contributed by atoms with Gasteiger partial charge in [0.1, 0.15) is 0 Å². The maximum Gasteiger partial charge on any atom is 0.0832 e. The van der Waals surface area contributed by atoms with Gasteiger partial charge in [-0.3, -0.25) is 0 Å². The van der Waals surface area contributed by atoms with Crippen LogP contribution in [0.5, 0.6) is 0 Å². The SMILES string of the molecule is OCc1cccn1CC=CCl. The molecule has 1 heterocycles. The van der Waals surface area contributed by atoms with E-state index in [-0.39, 0.29) is 6.61 Å². The third kappa shape index (κ3) is 2.10. The molecule has 0 spiro atoms. The minimum Gasteiger partial charge on any atom is -0.390 e. The molecule has 0 aliphatic carbocycles. The predicted molar refractivity (Wildman–Crippen MR) is 45.3 cm³/mol. The van der Waals surface area contributed by atoms with Gasteiger partial charge in [0, 0.05) is 24.0 Å². The molecule has 3 heteroatoms. The summed E-state index contributed by atoms with van der Waals surface area (Å²) in [7, 11) is 0. The molecule has 1 N–H and O–H groups in total. The quantitative estimate of drug-likeness (QED) is 0.737. The van der Waals surface area contributed by atoms with E-state index in [9.17, 15) is 0 Å². The summed E-state index contributed by atoms with van der Waals surface area (Å²) in [6, 6.07) is 3.77. The smallest absolute Gasteiger partial charge is 0.0832 e. The van der Waals surface area contributed by atoms with E-state index in [1.165, 1.54) is 5.54 Å². The van der Waals surface area contributed by atoms with E-state index >= 15 is 0 Å². The molecule has 2 nitrogen and oxygen atoms in total. The first-order chi connectivity index (χ1) is 5.38. The van der Waals surface area contributed by atoms with Crippen LogP contribution in [0.15, 0.2) is 29.9 Å². The molecule has 0 aliphatic rings. The Balaban J connectivity index is 2.68. The van der Waals surface area contributed by atoms with Crippen molar-refractivity contribution in [2.45, 2.75) is 13.2 Å². The van der Waals surface area contributed by atoms with Gasteiger partial charge >= 0.3 is 0 Å². The summed E-state index contributed by atoms with van der Waals surface area (Å²) >= 11 is 5.36. The highest BCUT2D eigenvalue weighted by Crippen LogP contribution is 2.01. The minimum absolute atomic E-state index is 0.0725. The fourth-order valence-electron chi connectivity index (χ4n) is 0.925. The average molecular weight is 172 g/mol. The summed E-state index contributed by atoms with van der Waals surface area (Å²) in [6.45, 7) is 0.787. The van der Waals surface area contributed by atoms with Gasteiger partial charge in [-0.25, -0.2) is 0 Å². The molecule has 0 aromatic carbocycles. The second kappa shape index (κ2) is 4.21. The van der Waals surface area contributed by atoms with Crippen LogP contribution >= 0.6 is 11.6 Å². The van der Waals surface area contributed by atoms with Crippen LogP contribution in [0.25, 0.3) is 0 Å². The Morgan fingerprint density at radius 1 is 1.64 bits per heavy atom. The lowest BCUT2D eigenvalue weighted by Gasteiger charge is -2.01. The molecule has 0 saturated heterocycles. The monoisotopic (exact) mass is 171 g/mol. The van der Waals surface area contributed by atoms with E-state index in [0.29, 0.717) is 6.54 Å². The zero-order valence-electron chi connectivity index (χ0n) is 6.07. The van der Waals surface area contributed by atoms with Gasteiger partial charge < -0.3 is 9.67 Å². The first-order valence-corrected chi connectivity index (χ1v) is 3.82. The number of hydrogen-bond donors (Lipinski definition) is 1. The van der Waals surface area contributed by atoms with Crippen molar-refractivity contribution in [2.75, 3.05) is 0 Å². The van der Waals surface area contributed by atoms with Gasteiger partial charge in [0.05, 0.1) is 6.61 Å². The molecule has 60 valence electrons. The molecule has 0 fully saturated rings. The third-order valence-electron chi connectivity index (χ3n) is 1.48. The Bertz CT molecular complexity index is 242. The lowest BCUT2D eigenvalue weighted by molar-refractivity contribution is 0.272. The average Bonchev–Trinajstić information content (AvgIpc) is 2.47. The van der Waals surface area contributed by atoms with E-state index in [0.717, 1.165) is 5.69 Å². The predicted octanol–water partition coefficient (Wildman–Crippen LogP) is 1.73. The highest BCUT2D eigenvalue weighted by molar-refractivity contribution is 6.25. The van der Waals surface area contributed by atoms with Crippen LogP contribution in [0.1, 0.15) is 5.69 Å². The van der Waals surface area contributed by atoms with Crippen LogP contribution in [0, 0.1) is 0 Å². The van der Waals surface area contributed by atoms with Gasteiger partial charge in [0.15, 0.2) is 0 Å². The lowest BCUT2D eigenvalue weighted by Crippen LogP contribution is -1.98. The van der Waals surface area contributed by atoms with Crippen molar-refractivity contribution in [2.24, 2.45) is 0 Å². The Morgan fingerprint density at radius 3 is 3.09 bits per heavy atom. The Morgan fingerprint density at radius 2 is 2.45 bits per heavy atom. The van der Waals surface area contributed by atoms with Crippen molar-refractivity contribution in [3.05, 3.63) is 35.6 Å². The maximum absolute atomic E-state index is 8.83. The third-order valence-corrected chi connectivity index (χ3v) is 1.65. The number of halogens is 1. The van der Waals surface area contributed by atoms with Crippen LogP contribution in [0.4, 0.5) is 0 Å². The summed E-state index contributed by atoms with van der Waals surface area (Å²) in [5.41, 5.74) is 2.38. The first-order valence-electron chi connectivity index (χ1n) is 3.38. The first kappa shape index (κ1) is 8.37. The van der Waals surface area contributed by atoms with Crippen molar-refractivity contribution in [1.82, 2.24) is 4.57 Å². The maximum atomic E-state index is 8.83. The number of allylic oxidation sites excluding steroid dienone is 1. The van der Waals surface area contributed by atoms with Crippen LogP contribution in [0.2, 0.25) is 0 Å². The standard InChI is InChI=1S/C8H10ClNO/c9-4-2-6-10-5-1-3-8(10)7-11/h1-5,11H,6-7H2. The zero-order valence-corrected chi connectivity index (χ0v) is 6.83. The fourth-order valence-corrected chi connectivity index (χ4v) is 1.00. The molecule has 0 atom stereocenters. The fraction of sp³-hybridized carbons (Fsp3) is 0.250. The number of aliphatic hydroxyl groups is 1. The molecule has 0 unspecified atom stereocenters. The van der Waals surface area contributed by atoms with Gasteiger partial charge in [0.2, 0.25) is 0 Å². The highest BCUT2D eigenvalue weighted by atomic mass is 35.5. The van der Waals surface area contributed by atoms with E-state index in [4.69, 9.17) is 16.7 Å². The molecular weight excluding hydrogens is 162 g/mol. The number of nitrogens with zero attached hydrogens (tertiary/aromatic N) is 1. The van der Waals surface area contributed by atoms with Crippen molar-refractivity contribution in [3.63, 3.8) is 0 Å². The number of rotatable bonds is 3. The Hall–Kier alpha value is -0.730. The molecule has 0 bridgehead atoms. The molecule has 0 amide bonds. The molecule has 11 heavy (non-hydrogen) atoms. The highest BCUT2D eigenvalue weighted by Gasteiger charge is 1.94. The normalized spacial score (nSPS) is 11.1. The number of hydrogen-bond acceptors (Lipinski definition) is 1. The molecule has 1 aromatic heterocycles. The second-order valence-electron chi connectivity index (χ2n) is 2.17. The van der Waals surface area contributed by atoms with Gasteiger partial charge in [-0.05, 0) is 12.1 Å². The van der Waals surface area contributed by atoms with Gasteiger partial charge in [-0.1, -0.05) is 17.7 Å². The van der Waals surface area contributed by atoms with Crippen LogP contribution in [-0.2, 0) is 13.2 Å². The summed E-state index contributed by atoms with van der Waals surface area (Å²) in [5, 5.41) is 8.83. The lowest BCUT2D eigenvalue weighted by atomic mass is 10.4. The molecule has 0 aliphatic heterocycles. The van der Waals surface area contributed by atoms with Crippen LogP contribution < -0.4 is 0 Å². The summed E-state index contributed by atoms with van der Waals surface area (Å²) in [6.07, 6.45) is 3.73. The minimum atomic E-state index is 0.0725. The van der Waals surface area contributed by atoms with Crippen molar-refractivity contribution >= 4 is 11.6 Å². The van der Waals surface area contributed by atoms with Gasteiger partial charge in [-0.15, -0.1) is 0 Å². The molecule has 1 rings (SSSR count). The van der Waals surface area contributed by atoms with Gasteiger partial charge in [-0.2, -0.15) is 0 Å². The number of aliphatic hydroxyl groups excluding tert-OH is 1. The van der Waals surface area contributed by atoms with E-state index in [2.05, 4.69) is 0 Å². The largest absolute Gasteiger partial charge is 0.390 e. The summed E-state index contributed by atoms with van der Waals surface area (Å²) < 4.78 is 1.93. The Kier molecular flexibility index (Phi) is 3.20. The van der Waals surface area contributed by atoms with Crippen molar-refractivity contribution in [1.29, 1.82) is 0 Å². The summed E-state index contributed by atoms with van der Waals surface area (Å²) in [4.78, 5) is 0. The van der Waals surface area contributed by atoms with Crippen molar-refractivity contribution in [3.8, 4) is 0 Å². The Labute approximate surface area is 70.7 Å². The van der Waals surface area contributed by atoms with E-state index in [1.807, 2.05) is 29.0 Å². The van der Waals surface area contributed by atoms with Crippen LogP contribution in [-0.4, -0.2) is 9.67 Å². The second-order valence-corrected chi connectivity index (χ2v) is 2.42. The van der Waals surface area contributed by atoms with Crippen molar-refractivity contribution < 1.29 is 5.11 Å². The summed E-state index contributed by atoms with van der Waals surface area (Å²) in [5.74, 6) is 0. The van der Waals surface area contributed by atoms with E-state index in [1.54, 1.807) is 0 Å². The van der Waals surface area contributed by atoms with E-state index < -0.39 is 0 Å². The van der Waals surface area contributed by atoms with Gasteiger partial charge in [0.25, 0.3) is 0 Å². The molecule has 0 saturated carbocycles. The molecule has 0 radical (unpaired) electrons. The van der Waals surface area contributed by atoms with Crippen LogP contribution in [0.3, 0.4) is 0 Å². The molecule has 1 aromatic rings. The number of aromatic nitrogens is 1.